The summed E-state index contributed by atoms with van der Waals surface area (Å²) in [5, 5.41) is 5.64. The molecule has 176 valence electrons. The Morgan fingerprint density at radius 2 is 1.97 bits per heavy atom. The molecule has 0 spiro atoms. The number of anilines is 2. The summed E-state index contributed by atoms with van der Waals surface area (Å²) in [6.07, 6.45) is 0.494. The summed E-state index contributed by atoms with van der Waals surface area (Å²) in [6, 6.07) is 8.62. The molecule has 1 saturated heterocycles. The van der Waals surface area contributed by atoms with Gasteiger partial charge in [0, 0.05) is 29.3 Å². The van der Waals surface area contributed by atoms with Crippen molar-refractivity contribution in [1.82, 2.24) is 4.31 Å². The number of amides is 2. The van der Waals surface area contributed by atoms with Gasteiger partial charge in [0.2, 0.25) is 15.9 Å². The second kappa shape index (κ2) is 9.08. The van der Waals surface area contributed by atoms with Gasteiger partial charge in [0.15, 0.2) is 6.10 Å². The van der Waals surface area contributed by atoms with Crippen molar-refractivity contribution in [3.63, 3.8) is 0 Å². The number of carbonyl (C=O) groups is 2. The molecule has 2 aliphatic rings. The lowest BCUT2D eigenvalue weighted by Gasteiger charge is -2.32. The summed E-state index contributed by atoms with van der Waals surface area (Å²) in [6.45, 7) is 5.67. The highest BCUT2D eigenvalue weighted by molar-refractivity contribution is 9.10. The highest BCUT2D eigenvalue weighted by Gasteiger charge is 2.35. The zero-order valence-electron chi connectivity index (χ0n) is 18.6. The number of piperidine rings is 1. The third-order valence-corrected chi connectivity index (χ3v) is 8.90. The van der Waals surface area contributed by atoms with E-state index in [1.54, 1.807) is 19.9 Å². The van der Waals surface area contributed by atoms with Crippen molar-refractivity contribution in [3.8, 4) is 5.75 Å². The number of aryl methyl sites for hydroxylation is 2. The van der Waals surface area contributed by atoms with Gasteiger partial charge in [-0.15, -0.1) is 0 Å². The van der Waals surface area contributed by atoms with Gasteiger partial charge in [0.05, 0.1) is 16.5 Å². The Morgan fingerprint density at radius 1 is 1.21 bits per heavy atom. The molecule has 1 fully saturated rings. The van der Waals surface area contributed by atoms with Crippen molar-refractivity contribution in [2.75, 3.05) is 23.7 Å². The van der Waals surface area contributed by atoms with Crippen LogP contribution in [0.4, 0.5) is 11.4 Å². The Balaban J connectivity index is 1.54. The van der Waals surface area contributed by atoms with E-state index in [-0.39, 0.29) is 23.3 Å². The van der Waals surface area contributed by atoms with Crippen LogP contribution in [-0.4, -0.2) is 43.7 Å². The van der Waals surface area contributed by atoms with Gasteiger partial charge in [-0.1, -0.05) is 15.9 Å². The molecule has 0 aliphatic carbocycles. The number of nitrogens with zero attached hydrogens (tertiary/aromatic N) is 1. The fourth-order valence-corrected chi connectivity index (χ4v) is 6.09. The Bertz CT molecular complexity index is 1230. The Morgan fingerprint density at radius 3 is 2.70 bits per heavy atom. The van der Waals surface area contributed by atoms with Crippen LogP contribution in [0, 0.1) is 19.8 Å². The second-order valence-corrected chi connectivity index (χ2v) is 11.3. The first-order chi connectivity index (χ1) is 15.6. The van der Waals surface area contributed by atoms with Crippen LogP contribution in [0.15, 0.2) is 39.7 Å². The number of hydrogen-bond acceptors (Lipinski definition) is 5. The maximum atomic E-state index is 13.5. The third kappa shape index (κ3) is 4.78. The van der Waals surface area contributed by atoms with E-state index in [9.17, 15) is 18.0 Å². The van der Waals surface area contributed by atoms with E-state index in [4.69, 9.17) is 4.74 Å². The van der Waals surface area contributed by atoms with E-state index in [0.29, 0.717) is 42.1 Å². The standard InChI is InChI=1S/C23H26BrN3O5S/c1-13-9-17(6-7-18(13)24)25-23(29)16-5-4-8-27(12-16)33(30,31)21-11-20-19(10-14(21)2)26-22(28)15(3)32-20/h6-7,9-11,15-16H,4-5,8,12H2,1-3H3,(H,25,29)(H,26,28)/t15-,16-/m0/s1. The molecule has 0 aromatic heterocycles. The summed E-state index contributed by atoms with van der Waals surface area (Å²) in [4.78, 5) is 24.9. The molecule has 0 saturated carbocycles. The summed E-state index contributed by atoms with van der Waals surface area (Å²) in [5.41, 5.74) is 2.63. The minimum atomic E-state index is -3.85. The molecule has 2 N–H and O–H groups in total. The maximum Gasteiger partial charge on any atom is 0.265 e. The zero-order valence-corrected chi connectivity index (χ0v) is 21.0. The summed E-state index contributed by atoms with van der Waals surface area (Å²) in [5.74, 6) is -0.601. The van der Waals surface area contributed by atoms with Crippen LogP contribution in [0.5, 0.6) is 5.75 Å². The lowest BCUT2D eigenvalue weighted by molar-refractivity contribution is -0.123. The molecule has 2 amide bonds. The maximum absolute atomic E-state index is 13.5. The van der Waals surface area contributed by atoms with Crippen molar-refractivity contribution in [2.45, 2.75) is 44.6 Å². The number of hydrogen-bond donors (Lipinski definition) is 2. The average Bonchev–Trinajstić information content (AvgIpc) is 2.77. The van der Waals surface area contributed by atoms with E-state index in [1.165, 1.54) is 10.4 Å². The molecule has 0 unspecified atom stereocenters. The van der Waals surface area contributed by atoms with Gasteiger partial charge in [-0.2, -0.15) is 4.31 Å². The second-order valence-electron chi connectivity index (χ2n) is 8.52. The van der Waals surface area contributed by atoms with Gasteiger partial charge in [0.1, 0.15) is 5.75 Å². The molecular weight excluding hydrogens is 510 g/mol. The van der Waals surface area contributed by atoms with Crippen molar-refractivity contribution < 1.29 is 22.7 Å². The third-order valence-electron chi connectivity index (χ3n) is 6.01. The SMILES string of the molecule is Cc1cc(NC(=O)[C@H]2CCCN(S(=O)(=O)c3cc4c(cc3C)NC(=O)[C@H](C)O4)C2)ccc1Br. The van der Waals surface area contributed by atoms with Crippen LogP contribution in [0.1, 0.15) is 30.9 Å². The molecule has 33 heavy (non-hydrogen) atoms. The fourth-order valence-electron chi connectivity index (χ4n) is 4.10. The minimum Gasteiger partial charge on any atom is -0.479 e. The topological polar surface area (TPSA) is 105 Å². The first-order valence-electron chi connectivity index (χ1n) is 10.8. The van der Waals surface area contributed by atoms with Crippen molar-refractivity contribution >= 4 is 49.1 Å². The van der Waals surface area contributed by atoms with Gasteiger partial charge in [0.25, 0.3) is 5.91 Å². The summed E-state index contributed by atoms with van der Waals surface area (Å²) >= 11 is 3.44. The summed E-state index contributed by atoms with van der Waals surface area (Å²) in [7, 11) is -3.85. The van der Waals surface area contributed by atoms with Crippen molar-refractivity contribution in [1.29, 1.82) is 0 Å². The highest BCUT2D eigenvalue weighted by Crippen LogP contribution is 2.36. The molecule has 0 radical (unpaired) electrons. The van der Waals surface area contributed by atoms with Crippen LogP contribution in [-0.2, 0) is 19.6 Å². The number of carbonyl (C=O) groups excluding carboxylic acids is 2. The highest BCUT2D eigenvalue weighted by atomic mass is 79.9. The number of nitrogens with one attached hydrogen (secondary N) is 2. The van der Waals surface area contributed by atoms with Gasteiger partial charge in [-0.05, 0) is 69.0 Å². The van der Waals surface area contributed by atoms with E-state index in [2.05, 4.69) is 26.6 Å². The number of benzene rings is 2. The van der Waals surface area contributed by atoms with Gasteiger partial charge in [-0.25, -0.2) is 8.42 Å². The Kier molecular flexibility index (Phi) is 6.52. The van der Waals surface area contributed by atoms with Crippen LogP contribution in [0.2, 0.25) is 0 Å². The van der Waals surface area contributed by atoms with Gasteiger partial charge < -0.3 is 15.4 Å². The summed E-state index contributed by atoms with van der Waals surface area (Å²) < 4.78 is 34.9. The van der Waals surface area contributed by atoms with Crippen LogP contribution in [0.3, 0.4) is 0 Å². The quantitative estimate of drug-likeness (QED) is 0.619. The number of halogens is 1. The van der Waals surface area contributed by atoms with Crippen LogP contribution < -0.4 is 15.4 Å². The smallest absolute Gasteiger partial charge is 0.265 e. The zero-order chi connectivity index (χ0) is 23.9. The molecule has 0 bridgehead atoms. The first kappa shape index (κ1) is 23.7. The van der Waals surface area contributed by atoms with E-state index in [0.717, 1.165) is 10.0 Å². The number of fused-ring (bicyclic) bond motifs is 1. The van der Waals surface area contributed by atoms with Gasteiger partial charge in [-0.3, -0.25) is 9.59 Å². The number of rotatable bonds is 4. The lowest BCUT2D eigenvalue weighted by Crippen LogP contribution is -2.44. The molecular formula is C23H26BrN3O5S. The molecule has 2 atom stereocenters. The fraction of sp³-hybridized carbons (Fsp3) is 0.391. The molecule has 2 aromatic rings. The average molecular weight is 536 g/mol. The minimum absolute atomic E-state index is 0.105. The van der Waals surface area contributed by atoms with Gasteiger partial charge >= 0.3 is 0 Å². The lowest BCUT2D eigenvalue weighted by atomic mass is 9.98. The molecule has 4 rings (SSSR count). The van der Waals surface area contributed by atoms with E-state index < -0.39 is 22.0 Å². The molecule has 2 aromatic carbocycles. The van der Waals surface area contributed by atoms with Crippen molar-refractivity contribution in [3.05, 3.63) is 45.9 Å². The predicted octanol–water partition coefficient (Wildman–Crippen LogP) is 3.82. The molecule has 2 aliphatic heterocycles. The molecule has 2 heterocycles. The molecule has 8 nitrogen and oxygen atoms in total. The molecule has 10 heteroatoms. The van der Waals surface area contributed by atoms with Crippen molar-refractivity contribution in [2.24, 2.45) is 5.92 Å². The first-order valence-corrected chi connectivity index (χ1v) is 13.0. The Labute approximate surface area is 201 Å². The largest absolute Gasteiger partial charge is 0.479 e. The van der Waals surface area contributed by atoms with E-state index >= 15 is 0 Å². The number of ether oxygens (including phenoxy) is 1. The van der Waals surface area contributed by atoms with E-state index in [1.807, 2.05) is 25.1 Å². The normalized spacial score (nSPS) is 21.0. The predicted molar refractivity (Wildman–Crippen MR) is 129 cm³/mol. The van der Waals surface area contributed by atoms with Crippen LogP contribution in [0.25, 0.3) is 0 Å². The monoisotopic (exact) mass is 535 g/mol. The Hall–Kier alpha value is -2.43. The number of sulfonamides is 1. The van der Waals surface area contributed by atoms with Crippen LogP contribution >= 0.6 is 15.9 Å².